The summed E-state index contributed by atoms with van der Waals surface area (Å²) in [6.45, 7) is 10.4. The fourth-order valence-corrected chi connectivity index (χ4v) is 4.05. The van der Waals surface area contributed by atoms with Gasteiger partial charge in [-0.3, -0.25) is 4.79 Å². The Bertz CT molecular complexity index is 861. The first kappa shape index (κ1) is 22.4. The number of furan rings is 1. The summed E-state index contributed by atoms with van der Waals surface area (Å²) in [5, 5.41) is 13.5. The third kappa shape index (κ3) is 5.12. The second kappa shape index (κ2) is 10.6. The number of carbonyl (C=O) groups excluding carboxylic acids is 2. The number of nitriles is 1. The van der Waals surface area contributed by atoms with Crippen LogP contribution in [0.25, 0.3) is 0 Å². The van der Waals surface area contributed by atoms with Gasteiger partial charge in [0.25, 0.3) is 0 Å². The minimum atomic E-state index is -0.709. The van der Waals surface area contributed by atoms with Crippen LogP contribution in [-0.2, 0) is 14.3 Å². The molecule has 0 spiro atoms. The van der Waals surface area contributed by atoms with E-state index in [4.69, 9.17) is 9.15 Å². The van der Waals surface area contributed by atoms with Crippen LogP contribution in [0.5, 0.6) is 0 Å². The summed E-state index contributed by atoms with van der Waals surface area (Å²) >= 11 is 1.24. The van der Waals surface area contributed by atoms with Crippen molar-refractivity contribution in [3.8, 4) is 6.07 Å². The Labute approximate surface area is 175 Å². The third-order valence-corrected chi connectivity index (χ3v) is 5.49. The van der Waals surface area contributed by atoms with Gasteiger partial charge in [-0.05, 0) is 32.9 Å². The maximum Gasteiger partial charge on any atom is 0.337 e. The van der Waals surface area contributed by atoms with Crippen LogP contribution in [0, 0.1) is 11.3 Å². The van der Waals surface area contributed by atoms with Crippen LogP contribution in [0.4, 0.5) is 0 Å². The van der Waals surface area contributed by atoms with Gasteiger partial charge in [0.05, 0.1) is 40.2 Å². The molecule has 1 aromatic rings. The molecule has 0 aromatic carbocycles. The summed E-state index contributed by atoms with van der Waals surface area (Å²) in [5.74, 6) is -0.629. The Morgan fingerprint density at radius 2 is 2.17 bits per heavy atom. The highest BCUT2D eigenvalue weighted by Crippen LogP contribution is 2.41. The van der Waals surface area contributed by atoms with E-state index in [0.29, 0.717) is 40.7 Å². The number of rotatable bonds is 9. The van der Waals surface area contributed by atoms with Crippen LogP contribution in [0.1, 0.15) is 32.4 Å². The number of hydrogen-bond acceptors (Lipinski definition) is 7. The van der Waals surface area contributed by atoms with Crippen LogP contribution in [0.2, 0.25) is 0 Å². The van der Waals surface area contributed by atoms with Crippen LogP contribution in [0.3, 0.4) is 0 Å². The number of ether oxygens (including phenoxy) is 1. The summed E-state index contributed by atoms with van der Waals surface area (Å²) in [4.78, 5) is 26.8. The van der Waals surface area contributed by atoms with Crippen molar-refractivity contribution < 1.29 is 18.7 Å². The van der Waals surface area contributed by atoms with Gasteiger partial charge in [-0.1, -0.05) is 24.4 Å². The molecule has 0 saturated carbocycles. The summed E-state index contributed by atoms with van der Waals surface area (Å²) < 4.78 is 10.7. The molecular formula is C21H25N3O4S. The zero-order valence-corrected chi connectivity index (χ0v) is 17.7. The van der Waals surface area contributed by atoms with Gasteiger partial charge in [-0.2, -0.15) is 5.26 Å². The van der Waals surface area contributed by atoms with Gasteiger partial charge in [0.1, 0.15) is 12.4 Å². The average molecular weight is 416 g/mol. The molecule has 7 nitrogen and oxygen atoms in total. The number of nitrogens with zero attached hydrogens (tertiary/aromatic N) is 2. The minimum absolute atomic E-state index is 0.0149. The zero-order valence-electron chi connectivity index (χ0n) is 16.9. The third-order valence-electron chi connectivity index (χ3n) is 4.48. The quantitative estimate of drug-likeness (QED) is 0.488. The maximum atomic E-state index is 12.7. The Morgan fingerprint density at radius 3 is 2.72 bits per heavy atom. The molecule has 1 aliphatic rings. The molecule has 0 bridgehead atoms. The lowest BCUT2D eigenvalue weighted by atomic mass is 9.86. The maximum absolute atomic E-state index is 12.7. The van der Waals surface area contributed by atoms with Gasteiger partial charge in [0.15, 0.2) is 0 Å². The van der Waals surface area contributed by atoms with Crippen molar-refractivity contribution in [2.75, 3.05) is 25.4 Å². The molecule has 0 unspecified atom stereocenters. The van der Waals surface area contributed by atoms with Crippen molar-refractivity contribution in [2.24, 2.45) is 0 Å². The van der Waals surface area contributed by atoms with E-state index in [1.54, 1.807) is 24.0 Å². The van der Waals surface area contributed by atoms with Crippen LogP contribution < -0.4 is 5.32 Å². The molecule has 29 heavy (non-hydrogen) atoms. The van der Waals surface area contributed by atoms with Gasteiger partial charge >= 0.3 is 5.97 Å². The molecule has 1 N–H and O–H groups in total. The normalized spacial score (nSPS) is 16.1. The highest BCUT2D eigenvalue weighted by atomic mass is 32.2. The fourth-order valence-electron chi connectivity index (χ4n) is 3.05. The fraction of sp³-hybridized carbons (Fsp3) is 0.381. The lowest BCUT2D eigenvalue weighted by molar-refractivity contribution is -0.138. The number of hydrogen-bond donors (Lipinski definition) is 1. The van der Waals surface area contributed by atoms with E-state index in [1.807, 2.05) is 13.8 Å². The molecule has 0 saturated heterocycles. The molecular weight excluding hydrogens is 390 g/mol. The Morgan fingerprint density at radius 1 is 1.45 bits per heavy atom. The van der Waals surface area contributed by atoms with E-state index in [1.165, 1.54) is 24.1 Å². The molecule has 1 amide bonds. The van der Waals surface area contributed by atoms with Crippen molar-refractivity contribution in [1.29, 1.82) is 5.26 Å². The SMILES string of the molecule is C=CCOC(=O)C1=C(C)NC(SCC(=O)N(CC)CC)=C(C#N)[C@@H]1c1ccco1. The second-order valence-corrected chi connectivity index (χ2v) is 7.19. The topological polar surface area (TPSA) is 95.6 Å². The molecule has 0 fully saturated rings. The number of amides is 1. The second-order valence-electron chi connectivity index (χ2n) is 6.21. The minimum Gasteiger partial charge on any atom is -0.468 e. The van der Waals surface area contributed by atoms with Crippen molar-refractivity contribution in [3.05, 3.63) is 58.7 Å². The van der Waals surface area contributed by atoms with E-state index < -0.39 is 11.9 Å². The van der Waals surface area contributed by atoms with E-state index in [9.17, 15) is 14.9 Å². The lowest BCUT2D eigenvalue weighted by Gasteiger charge is -2.28. The smallest absolute Gasteiger partial charge is 0.337 e. The van der Waals surface area contributed by atoms with Crippen LogP contribution in [-0.4, -0.2) is 42.2 Å². The number of thioether (sulfide) groups is 1. The average Bonchev–Trinajstić information content (AvgIpc) is 3.25. The van der Waals surface area contributed by atoms with Crippen molar-refractivity contribution in [2.45, 2.75) is 26.7 Å². The number of esters is 1. The summed E-state index contributed by atoms with van der Waals surface area (Å²) in [5.41, 5.74) is 1.17. The first-order valence-electron chi connectivity index (χ1n) is 9.32. The van der Waals surface area contributed by atoms with E-state index >= 15 is 0 Å². The van der Waals surface area contributed by atoms with Gasteiger partial charge in [-0.15, -0.1) is 0 Å². The molecule has 0 radical (unpaired) electrons. The number of dihydropyridines is 1. The lowest BCUT2D eigenvalue weighted by Crippen LogP contribution is -2.33. The molecule has 2 rings (SSSR count). The van der Waals surface area contributed by atoms with Gasteiger partial charge in [0, 0.05) is 18.8 Å². The molecule has 8 heteroatoms. The zero-order chi connectivity index (χ0) is 21.4. The number of allylic oxidation sites excluding steroid dienone is 2. The van der Waals surface area contributed by atoms with Gasteiger partial charge < -0.3 is 19.4 Å². The Hall–Kier alpha value is -2.92. The molecule has 0 aliphatic carbocycles. The predicted molar refractivity (Wildman–Crippen MR) is 111 cm³/mol. The van der Waals surface area contributed by atoms with Gasteiger partial charge in [-0.25, -0.2) is 4.79 Å². The van der Waals surface area contributed by atoms with Crippen molar-refractivity contribution in [1.82, 2.24) is 10.2 Å². The molecule has 1 aromatic heterocycles. The van der Waals surface area contributed by atoms with Crippen molar-refractivity contribution >= 4 is 23.6 Å². The van der Waals surface area contributed by atoms with Crippen LogP contribution >= 0.6 is 11.8 Å². The highest BCUT2D eigenvalue weighted by Gasteiger charge is 2.37. The van der Waals surface area contributed by atoms with Gasteiger partial charge in [0.2, 0.25) is 5.91 Å². The molecule has 2 heterocycles. The largest absolute Gasteiger partial charge is 0.468 e. The first-order valence-corrected chi connectivity index (χ1v) is 10.3. The predicted octanol–water partition coefficient (Wildman–Crippen LogP) is 3.31. The molecule has 1 aliphatic heterocycles. The molecule has 154 valence electrons. The standard InChI is InChI=1S/C21H25N3O4S/c1-5-10-28-21(26)18-14(4)23-20(29-13-17(25)24(6-2)7-3)15(12-22)19(18)16-9-8-11-27-16/h5,8-9,11,19,23H,1,6-7,10,13H2,2-4H3/t19-/m1/s1. The van der Waals surface area contributed by atoms with Crippen LogP contribution in [0.15, 0.2) is 57.3 Å². The van der Waals surface area contributed by atoms with E-state index in [2.05, 4.69) is 18.0 Å². The summed E-state index contributed by atoms with van der Waals surface area (Å²) in [7, 11) is 0. The Balaban J connectivity index is 2.38. The molecule has 1 atom stereocenters. The highest BCUT2D eigenvalue weighted by molar-refractivity contribution is 8.03. The van der Waals surface area contributed by atoms with E-state index in [-0.39, 0.29) is 18.3 Å². The monoisotopic (exact) mass is 415 g/mol. The van der Waals surface area contributed by atoms with Crippen molar-refractivity contribution in [3.63, 3.8) is 0 Å². The summed E-state index contributed by atoms with van der Waals surface area (Å²) in [6.07, 6.45) is 2.97. The Kier molecular flexibility index (Phi) is 8.16. The summed E-state index contributed by atoms with van der Waals surface area (Å²) in [6, 6.07) is 5.60. The number of carbonyl (C=O) groups is 2. The first-order chi connectivity index (χ1) is 14.0. The number of nitrogens with one attached hydrogen (secondary N) is 1. The van der Waals surface area contributed by atoms with E-state index in [0.717, 1.165) is 0 Å².